The van der Waals surface area contributed by atoms with Crippen LogP contribution >= 0.6 is 11.6 Å². The molecule has 3 rings (SSSR count). The molecule has 0 atom stereocenters. The Kier molecular flexibility index (Phi) is 2.99. The molecule has 0 radical (unpaired) electrons. The fourth-order valence-corrected chi connectivity index (χ4v) is 2.91. The van der Waals surface area contributed by atoms with Crippen molar-refractivity contribution in [3.63, 3.8) is 0 Å². The lowest BCUT2D eigenvalue weighted by Gasteiger charge is -2.14. The molecule has 0 saturated carbocycles. The van der Waals surface area contributed by atoms with Gasteiger partial charge < -0.3 is 5.73 Å². The number of aryl methyl sites for hydroxylation is 2. The summed E-state index contributed by atoms with van der Waals surface area (Å²) in [4.78, 5) is 2.36. The number of benzene rings is 1. The lowest BCUT2D eigenvalue weighted by molar-refractivity contribution is 0.275. The maximum atomic E-state index is 6.28. The lowest BCUT2D eigenvalue weighted by atomic mass is 10.1. The first-order chi connectivity index (χ1) is 9.04. The fourth-order valence-electron chi connectivity index (χ4n) is 2.67. The Labute approximate surface area is 117 Å². The van der Waals surface area contributed by atoms with Gasteiger partial charge in [-0.05, 0) is 30.2 Å². The van der Waals surface area contributed by atoms with Crippen LogP contribution in [0.5, 0.6) is 0 Å². The van der Waals surface area contributed by atoms with E-state index in [4.69, 9.17) is 17.3 Å². The third kappa shape index (κ3) is 2.22. The van der Waals surface area contributed by atoms with Gasteiger partial charge in [-0.1, -0.05) is 17.7 Å². The molecule has 19 heavy (non-hydrogen) atoms. The number of aromatic nitrogens is 2. The smallest absolute Gasteiger partial charge is 0.131 e. The van der Waals surface area contributed by atoms with Crippen LogP contribution in [0.2, 0.25) is 5.15 Å². The minimum atomic E-state index is 0.730. The Hall–Kier alpha value is -1.52. The van der Waals surface area contributed by atoms with Gasteiger partial charge in [0.1, 0.15) is 5.15 Å². The monoisotopic (exact) mass is 276 g/mol. The highest BCUT2D eigenvalue weighted by molar-refractivity contribution is 6.30. The molecule has 0 fully saturated rings. The highest BCUT2D eigenvalue weighted by Crippen LogP contribution is 2.28. The average molecular weight is 277 g/mol. The Morgan fingerprint density at radius 2 is 2.05 bits per heavy atom. The van der Waals surface area contributed by atoms with Gasteiger partial charge in [-0.25, -0.2) is 0 Å². The van der Waals surface area contributed by atoms with E-state index in [1.54, 1.807) is 4.68 Å². The third-order valence-electron chi connectivity index (χ3n) is 3.67. The first kappa shape index (κ1) is 12.5. The predicted octanol–water partition coefficient (Wildman–Crippen LogP) is 2.48. The van der Waals surface area contributed by atoms with Crippen molar-refractivity contribution >= 4 is 17.3 Å². The summed E-state index contributed by atoms with van der Waals surface area (Å²) in [7, 11) is 1.87. The predicted molar refractivity (Wildman–Crippen MR) is 76.8 cm³/mol. The number of rotatable bonds is 2. The fraction of sp³-hybridized carbons (Fsp3) is 0.357. The van der Waals surface area contributed by atoms with E-state index >= 15 is 0 Å². The van der Waals surface area contributed by atoms with E-state index in [-0.39, 0.29) is 0 Å². The summed E-state index contributed by atoms with van der Waals surface area (Å²) in [5, 5.41) is 5.08. The van der Waals surface area contributed by atoms with E-state index in [1.807, 2.05) is 20.0 Å². The number of nitrogens with zero attached hydrogens (tertiary/aromatic N) is 3. The zero-order chi connectivity index (χ0) is 13.6. The van der Waals surface area contributed by atoms with Gasteiger partial charge in [0.25, 0.3) is 0 Å². The van der Waals surface area contributed by atoms with Crippen LogP contribution in [0.25, 0.3) is 0 Å². The van der Waals surface area contributed by atoms with Gasteiger partial charge in [0, 0.05) is 37.9 Å². The van der Waals surface area contributed by atoms with Gasteiger partial charge in [-0.3, -0.25) is 9.58 Å². The maximum absolute atomic E-state index is 6.28. The van der Waals surface area contributed by atoms with Crippen molar-refractivity contribution in [3.8, 4) is 0 Å². The number of nitrogens with two attached hydrogens (primary N) is 1. The Balaban J connectivity index is 1.80. The first-order valence-electron chi connectivity index (χ1n) is 6.32. The Morgan fingerprint density at radius 1 is 1.32 bits per heavy atom. The summed E-state index contributed by atoms with van der Waals surface area (Å²) in [6, 6.07) is 6.14. The number of nitrogen functional groups attached to an aromatic ring is 1. The van der Waals surface area contributed by atoms with Crippen LogP contribution in [0, 0.1) is 6.92 Å². The van der Waals surface area contributed by atoms with Crippen LogP contribution < -0.4 is 5.73 Å². The standard InChI is InChI=1S/C14H17ClN4/c1-9-13(14(15)18(2)17-9)8-19-6-10-3-4-12(16)5-11(10)7-19/h3-5H,6-8,16H2,1-2H3. The van der Waals surface area contributed by atoms with Crippen molar-refractivity contribution in [2.75, 3.05) is 5.73 Å². The van der Waals surface area contributed by atoms with Crippen LogP contribution in [-0.2, 0) is 26.7 Å². The van der Waals surface area contributed by atoms with Gasteiger partial charge in [-0.2, -0.15) is 5.10 Å². The zero-order valence-corrected chi connectivity index (χ0v) is 11.9. The summed E-state index contributed by atoms with van der Waals surface area (Å²) in [5.74, 6) is 0. The molecule has 2 N–H and O–H groups in total. The number of hydrogen-bond acceptors (Lipinski definition) is 3. The van der Waals surface area contributed by atoms with Crippen LogP contribution in [0.4, 0.5) is 5.69 Å². The summed E-state index contributed by atoms with van der Waals surface area (Å²) < 4.78 is 1.73. The summed E-state index contributed by atoms with van der Waals surface area (Å²) in [5.41, 5.74) is 11.4. The second-order valence-corrected chi connectivity index (χ2v) is 5.51. The molecule has 1 aliphatic rings. The molecule has 2 heterocycles. The minimum absolute atomic E-state index is 0.730. The second kappa shape index (κ2) is 4.54. The Morgan fingerprint density at radius 3 is 2.74 bits per heavy atom. The topological polar surface area (TPSA) is 47.1 Å². The summed E-state index contributed by atoms with van der Waals surface area (Å²) >= 11 is 6.28. The largest absolute Gasteiger partial charge is 0.399 e. The van der Waals surface area contributed by atoms with Crippen LogP contribution in [0.3, 0.4) is 0 Å². The van der Waals surface area contributed by atoms with E-state index < -0.39 is 0 Å². The quantitative estimate of drug-likeness (QED) is 0.857. The van der Waals surface area contributed by atoms with E-state index in [0.717, 1.165) is 41.7 Å². The first-order valence-corrected chi connectivity index (χ1v) is 6.70. The summed E-state index contributed by atoms with van der Waals surface area (Å²) in [6.07, 6.45) is 0. The van der Waals surface area contributed by atoms with Crippen molar-refractivity contribution in [1.82, 2.24) is 14.7 Å². The number of hydrogen-bond donors (Lipinski definition) is 1. The van der Waals surface area contributed by atoms with E-state index in [0.29, 0.717) is 0 Å². The molecule has 5 heteroatoms. The van der Waals surface area contributed by atoms with Gasteiger partial charge in [0.05, 0.1) is 5.69 Å². The molecular formula is C14H17ClN4. The van der Waals surface area contributed by atoms with Crippen LogP contribution in [0.15, 0.2) is 18.2 Å². The molecule has 100 valence electrons. The number of anilines is 1. The highest BCUT2D eigenvalue weighted by atomic mass is 35.5. The van der Waals surface area contributed by atoms with Gasteiger partial charge in [-0.15, -0.1) is 0 Å². The molecule has 0 saturated heterocycles. The molecule has 1 aromatic heterocycles. The van der Waals surface area contributed by atoms with Crippen LogP contribution in [-0.4, -0.2) is 14.7 Å². The third-order valence-corrected chi connectivity index (χ3v) is 4.14. The van der Waals surface area contributed by atoms with Gasteiger partial charge in [0.2, 0.25) is 0 Å². The van der Waals surface area contributed by atoms with E-state index in [9.17, 15) is 0 Å². The molecular weight excluding hydrogens is 260 g/mol. The lowest BCUT2D eigenvalue weighted by Crippen LogP contribution is -2.16. The van der Waals surface area contributed by atoms with Crippen molar-refractivity contribution in [3.05, 3.63) is 45.7 Å². The molecule has 0 bridgehead atoms. The molecule has 0 spiro atoms. The van der Waals surface area contributed by atoms with Crippen molar-refractivity contribution < 1.29 is 0 Å². The number of fused-ring (bicyclic) bond motifs is 1. The van der Waals surface area contributed by atoms with Crippen molar-refractivity contribution in [2.24, 2.45) is 7.05 Å². The van der Waals surface area contributed by atoms with Gasteiger partial charge in [0.15, 0.2) is 0 Å². The molecule has 4 nitrogen and oxygen atoms in total. The molecule has 1 aromatic carbocycles. The van der Waals surface area contributed by atoms with Crippen molar-refractivity contribution in [1.29, 1.82) is 0 Å². The van der Waals surface area contributed by atoms with E-state index in [2.05, 4.69) is 22.1 Å². The average Bonchev–Trinajstić information content (AvgIpc) is 2.85. The van der Waals surface area contributed by atoms with Gasteiger partial charge >= 0.3 is 0 Å². The highest BCUT2D eigenvalue weighted by Gasteiger charge is 2.22. The number of halogens is 1. The zero-order valence-electron chi connectivity index (χ0n) is 11.2. The molecule has 1 aliphatic heterocycles. The minimum Gasteiger partial charge on any atom is -0.399 e. The Bertz CT molecular complexity index is 633. The second-order valence-electron chi connectivity index (χ2n) is 5.15. The van der Waals surface area contributed by atoms with Crippen molar-refractivity contribution in [2.45, 2.75) is 26.6 Å². The van der Waals surface area contributed by atoms with E-state index in [1.165, 1.54) is 11.1 Å². The SMILES string of the molecule is Cc1nn(C)c(Cl)c1CN1Cc2ccc(N)cc2C1. The summed E-state index contributed by atoms with van der Waals surface area (Å²) in [6.45, 7) is 4.70. The molecule has 0 amide bonds. The molecule has 0 aliphatic carbocycles. The maximum Gasteiger partial charge on any atom is 0.131 e. The molecule has 0 unspecified atom stereocenters. The van der Waals surface area contributed by atoms with Crippen LogP contribution in [0.1, 0.15) is 22.4 Å². The molecule has 2 aromatic rings. The normalized spacial score (nSPS) is 14.9.